The number of carbonyl (C=O) groups is 2. The zero-order valence-electron chi connectivity index (χ0n) is 15.6. The number of carbonyl (C=O) groups excluding carboxylic acids is 2. The van der Waals surface area contributed by atoms with Gasteiger partial charge in [-0.1, -0.05) is 42.3 Å². The monoisotopic (exact) mass is 459 g/mol. The number of nitrogens with one attached hydrogen (secondary N) is 2. The predicted octanol–water partition coefficient (Wildman–Crippen LogP) is 2.55. The van der Waals surface area contributed by atoms with Gasteiger partial charge in [-0.25, -0.2) is 18.1 Å². The maximum absolute atomic E-state index is 12.4. The van der Waals surface area contributed by atoms with E-state index in [2.05, 4.69) is 10.3 Å². The lowest BCUT2D eigenvalue weighted by atomic mass is 10.1. The Hall–Kier alpha value is -2.36. The number of hydrogen-bond donors (Lipinski definition) is 2. The summed E-state index contributed by atoms with van der Waals surface area (Å²) in [5, 5.41) is 3.24. The van der Waals surface area contributed by atoms with Gasteiger partial charge in [-0.05, 0) is 30.2 Å². The summed E-state index contributed by atoms with van der Waals surface area (Å²) in [5.74, 6) is -1.05. The Morgan fingerprint density at radius 3 is 2.59 bits per heavy atom. The molecular weight excluding hydrogens is 441 g/mol. The molecule has 2 rings (SSSR count). The third-order valence-corrected chi connectivity index (χ3v) is 4.66. The number of rotatable bonds is 8. The van der Waals surface area contributed by atoms with E-state index >= 15 is 0 Å². The van der Waals surface area contributed by atoms with E-state index in [-0.39, 0.29) is 23.0 Å². The molecule has 0 fully saturated rings. The van der Waals surface area contributed by atoms with Crippen molar-refractivity contribution in [2.45, 2.75) is 26.0 Å². The van der Waals surface area contributed by atoms with Crippen LogP contribution in [-0.4, -0.2) is 37.6 Å². The van der Waals surface area contributed by atoms with E-state index in [1.165, 1.54) is 24.4 Å². The van der Waals surface area contributed by atoms with E-state index in [1.807, 2.05) is 4.72 Å². The van der Waals surface area contributed by atoms with Crippen molar-refractivity contribution in [3.63, 3.8) is 0 Å². The van der Waals surface area contributed by atoms with Crippen molar-refractivity contribution in [2.75, 3.05) is 6.26 Å². The predicted molar refractivity (Wildman–Crippen MR) is 110 cm³/mol. The zero-order valence-corrected chi connectivity index (χ0v) is 17.9. The van der Waals surface area contributed by atoms with Gasteiger partial charge in [0.05, 0.1) is 11.3 Å². The number of benzene rings is 1. The molecule has 2 aromatic rings. The number of hydrogen-bond acceptors (Lipinski definition) is 6. The van der Waals surface area contributed by atoms with Crippen LogP contribution in [0.15, 0.2) is 36.5 Å². The first-order valence-corrected chi connectivity index (χ1v) is 11.1. The smallest absolute Gasteiger partial charge is 0.264 e. The highest BCUT2D eigenvalue weighted by atomic mass is 35.5. The molecular formula is C18H19Cl2N3O5S. The second-order valence-electron chi connectivity index (χ2n) is 6.08. The molecule has 1 heterocycles. The molecule has 0 bridgehead atoms. The van der Waals surface area contributed by atoms with Crippen LogP contribution < -0.4 is 14.8 Å². The summed E-state index contributed by atoms with van der Waals surface area (Å²) >= 11 is 11.8. The Bertz CT molecular complexity index is 1010. The number of pyridine rings is 1. The molecule has 0 spiro atoms. The van der Waals surface area contributed by atoms with Gasteiger partial charge in [0.1, 0.15) is 5.02 Å². The summed E-state index contributed by atoms with van der Waals surface area (Å²) in [6.07, 6.45) is 1.78. The molecule has 0 saturated heterocycles. The molecule has 0 aliphatic carbocycles. The first-order chi connectivity index (χ1) is 13.6. The van der Waals surface area contributed by atoms with E-state index < -0.39 is 27.9 Å². The maximum atomic E-state index is 12.4. The van der Waals surface area contributed by atoms with Crippen molar-refractivity contribution in [1.82, 2.24) is 15.0 Å². The summed E-state index contributed by atoms with van der Waals surface area (Å²) in [5.41, 5.74) is 0.764. The Balaban J connectivity index is 2.01. The Labute approximate surface area is 178 Å². The van der Waals surface area contributed by atoms with Gasteiger partial charge in [0.2, 0.25) is 15.9 Å². The van der Waals surface area contributed by atoms with Crippen LogP contribution in [0.2, 0.25) is 10.0 Å². The van der Waals surface area contributed by atoms with Crippen LogP contribution in [0.25, 0.3) is 0 Å². The van der Waals surface area contributed by atoms with Gasteiger partial charge in [-0.2, -0.15) is 0 Å². The molecule has 0 aliphatic heterocycles. The molecule has 1 aromatic carbocycles. The summed E-state index contributed by atoms with van der Waals surface area (Å²) < 4.78 is 29.8. The van der Waals surface area contributed by atoms with Gasteiger partial charge in [-0.3, -0.25) is 9.59 Å². The average Bonchev–Trinajstić information content (AvgIpc) is 2.64. The summed E-state index contributed by atoms with van der Waals surface area (Å²) in [7, 11) is -3.67. The van der Waals surface area contributed by atoms with Gasteiger partial charge in [0, 0.05) is 18.3 Å². The molecule has 29 heavy (non-hydrogen) atoms. The molecule has 2 amide bonds. The fourth-order valence-corrected chi connectivity index (χ4v) is 3.18. The maximum Gasteiger partial charge on any atom is 0.264 e. The minimum absolute atomic E-state index is 0.0949. The molecule has 156 valence electrons. The minimum Gasteiger partial charge on any atom is -0.463 e. The molecule has 0 aliphatic rings. The minimum atomic E-state index is -3.67. The van der Waals surface area contributed by atoms with Crippen molar-refractivity contribution >= 4 is 45.0 Å². The largest absolute Gasteiger partial charge is 0.463 e. The van der Waals surface area contributed by atoms with Gasteiger partial charge in [0.25, 0.3) is 11.8 Å². The SMILES string of the molecule is CC[C@@H](Oc1ncc(Cl)cc1Cl)C(=O)NCc1cccc(C(=O)NS(C)(=O)=O)c1. The van der Waals surface area contributed by atoms with Gasteiger partial charge >= 0.3 is 0 Å². The number of halogens is 2. The van der Waals surface area contributed by atoms with E-state index in [9.17, 15) is 18.0 Å². The molecule has 8 nitrogen and oxygen atoms in total. The van der Waals surface area contributed by atoms with Gasteiger partial charge in [-0.15, -0.1) is 0 Å². The van der Waals surface area contributed by atoms with Crippen molar-refractivity contribution < 1.29 is 22.7 Å². The first-order valence-electron chi connectivity index (χ1n) is 8.45. The van der Waals surface area contributed by atoms with Gasteiger partial charge in [0.15, 0.2) is 6.10 Å². The highest BCUT2D eigenvalue weighted by molar-refractivity contribution is 7.89. The molecule has 1 aromatic heterocycles. The first kappa shape index (κ1) is 22.9. The number of nitrogens with zero attached hydrogens (tertiary/aromatic N) is 1. The molecule has 2 N–H and O–H groups in total. The normalized spacial score (nSPS) is 12.1. The van der Waals surface area contributed by atoms with E-state index in [0.717, 1.165) is 6.26 Å². The second-order valence-corrected chi connectivity index (χ2v) is 8.67. The number of ether oxygens (including phenoxy) is 1. The topological polar surface area (TPSA) is 114 Å². The van der Waals surface area contributed by atoms with E-state index in [0.29, 0.717) is 17.0 Å². The van der Waals surface area contributed by atoms with Crippen LogP contribution in [-0.2, 0) is 21.4 Å². The lowest BCUT2D eigenvalue weighted by Gasteiger charge is -2.17. The summed E-state index contributed by atoms with van der Waals surface area (Å²) in [6, 6.07) is 7.70. The lowest BCUT2D eigenvalue weighted by Crippen LogP contribution is -2.37. The van der Waals surface area contributed by atoms with Crippen LogP contribution in [0.5, 0.6) is 5.88 Å². The molecule has 0 unspecified atom stereocenters. The zero-order chi connectivity index (χ0) is 21.6. The quantitative estimate of drug-likeness (QED) is 0.626. The van der Waals surface area contributed by atoms with Crippen LogP contribution in [0.1, 0.15) is 29.3 Å². The highest BCUT2D eigenvalue weighted by Crippen LogP contribution is 2.25. The highest BCUT2D eigenvalue weighted by Gasteiger charge is 2.20. The Kier molecular flexibility index (Phi) is 7.83. The number of amides is 2. The van der Waals surface area contributed by atoms with E-state index in [4.69, 9.17) is 27.9 Å². The average molecular weight is 460 g/mol. The number of aromatic nitrogens is 1. The third-order valence-electron chi connectivity index (χ3n) is 3.63. The van der Waals surface area contributed by atoms with Crippen molar-refractivity contribution in [1.29, 1.82) is 0 Å². The fraction of sp³-hybridized carbons (Fsp3) is 0.278. The van der Waals surface area contributed by atoms with Crippen molar-refractivity contribution in [2.24, 2.45) is 0 Å². The summed E-state index contributed by atoms with van der Waals surface area (Å²) in [4.78, 5) is 28.3. The number of sulfonamides is 1. The standard InChI is InChI=1S/C18H19Cl2N3O5S/c1-3-15(28-18-14(20)8-13(19)10-22-18)17(25)21-9-11-5-4-6-12(7-11)16(24)23-29(2,26)27/h4-8,10,15H,3,9H2,1-2H3,(H,21,25)(H,23,24)/t15-/m1/s1. The Morgan fingerprint density at radius 2 is 1.97 bits per heavy atom. The third kappa shape index (κ3) is 7.19. The molecule has 0 saturated carbocycles. The Morgan fingerprint density at radius 1 is 1.24 bits per heavy atom. The molecule has 11 heteroatoms. The van der Waals surface area contributed by atoms with Crippen LogP contribution in [0.3, 0.4) is 0 Å². The fourth-order valence-electron chi connectivity index (χ4n) is 2.30. The molecule has 1 atom stereocenters. The van der Waals surface area contributed by atoms with E-state index in [1.54, 1.807) is 19.1 Å². The van der Waals surface area contributed by atoms with Crippen LogP contribution in [0.4, 0.5) is 0 Å². The van der Waals surface area contributed by atoms with Crippen molar-refractivity contribution in [3.8, 4) is 5.88 Å². The second kappa shape index (κ2) is 9.91. The van der Waals surface area contributed by atoms with Crippen LogP contribution in [0, 0.1) is 0 Å². The lowest BCUT2D eigenvalue weighted by molar-refractivity contribution is -0.128. The van der Waals surface area contributed by atoms with Gasteiger partial charge < -0.3 is 10.1 Å². The summed E-state index contributed by atoms with van der Waals surface area (Å²) in [6.45, 7) is 1.88. The molecule has 0 radical (unpaired) electrons. The van der Waals surface area contributed by atoms with Crippen molar-refractivity contribution in [3.05, 3.63) is 57.7 Å². The van der Waals surface area contributed by atoms with Crippen LogP contribution >= 0.6 is 23.2 Å².